The number of benzene rings is 1. The Morgan fingerprint density at radius 2 is 1.36 bits per heavy atom. The van der Waals surface area contributed by atoms with Gasteiger partial charge in [-0.25, -0.2) is 9.59 Å². The Bertz CT molecular complexity index is 494. The van der Waals surface area contributed by atoms with Crippen molar-refractivity contribution in [3.05, 3.63) is 34.9 Å². The molecule has 0 aromatic heterocycles. The molecule has 1 rings (SSSR count). The summed E-state index contributed by atoms with van der Waals surface area (Å²) in [4.78, 5) is 22.1. The quantitative estimate of drug-likeness (QED) is 0.578. The van der Waals surface area contributed by atoms with Crippen LogP contribution in [0.3, 0.4) is 0 Å². The Hall–Kier alpha value is -1.84. The van der Waals surface area contributed by atoms with Crippen molar-refractivity contribution in [2.75, 3.05) is 0 Å². The van der Waals surface area contributed by atoms with E-state index in [4.69, 9.17) is 10.2 Å². The Labute approximate surface area is 132 Å². The summed E-state index contributed by atoms with van der Waals surface area (Å²) in [5, 5.41) is 18.1. The molecule has 0 aliphatic rings. The average molecular weight is 306 g/mol. The van der Waals surface area contributed by atoms with Crippen LogP contribution in [0.25, 0.3) is 0 Å². The second-order valence-electron chi connectivity index (χ2n) is 5.72. The maximum absolute atomic E-state index is 11.1. The molecule has 0 fully saturated rings. The number of aryl methyl sites for hydroxylation is 1. The second-order valence-corrected chi connectivity index (χ2v) is 5.72. The first-order valence-corrected chi connectivity index (χ1v) is 8.15. The Kier molecular flexibility index (Phi) is 8.26. The standard InChI is InChI=1S/C18H26O4/c1-2-3-4-5-6-7-8-9-10-14-11-12-15(17(19)20)16(13-14)18(21)22/h11-13H,2-10H2,1H3,(H,19,20)(H,21,22). The predicted octanol–water partition coefficient (Wildman–Crippen LogP) is 4.77. The number of carboxylic acid groups (broad SMARTS) is 2. The van der Waals surface area contributed by atoms with Crippen LogP contribution in [-0.2, 0) is 6.42 Å². The van der Waals surface area contributed by atoms with Crippen LogP contribution in [0.15, 0.2) is 18.2 Å². The van der Waals surface area contributed by atoms with E-state index >= 15 is 0 Å². The van der Waals surface area contributed by atoms with Crippen LogP contribution in [-0.4, -0.2) is 22.2 Å². The predicted molar refractivity (Wildman–Crippen MR) is 86.7 cm³/mol. The molecule has 4 heteroatoms. The van der Waals surface area contributed by atoms with Gasteiger partial charge in [-0.2, -0.15) is 0 Å². The second kappa shape index (κ2) is 9.98. The molecule has 0 aliphatic carbocycles. The number of hydrogen-bond acceptors (Lipinski definition) is 2. The molecule has 22 heavy (non-hydrogen) atoms. The fourth-order valence-electron chi connectivity index (χ4n) is 2.57. The lowest BCUT2D eigenvalue weighted by Gasteiger charge is -2.06. The fraction of sp³-hybridized carbons (Fsp3) is 0.556. The SMILES string of the molecule is CCCCCCCCCCc1ccc(C(=O)O)c(C(=O)O)c1. The Balaban J connectivity index is 2.39. The van der Waals surface area contributed by atoms with Gasteiger partial charge in [0.25, 0.3) is 0 Å². The third kappa shape index (κ3) is 6.29. The van der Waals surface area contributed by atoms with Gasteiger partial charge in [0.05, 0.1) is 11.1 Å². The molecular weight excluding hydrogens is 280 g/mol. The lowest BCUT2D eigenvalue weighted by atomic mass is 9.99. The minimum Gasteiger partial charge on any atom is -0.478 e. The summed E-state index contributed by atoms with van der Waals surface area (Å²) in [6.07, 6.45) is 10.6. The molecule has 0 amide bonds. The minimum atomic E-state index is -1.20. The number of hydrogen-bond donors (Lipinski definition) is 2. The highest BCUT2D eigenvalue weighted by Gasteiger charge is 2.16. The zero-order valence-corrected chi connectivity index (χ0v) is 13.3. The summed E-state index contributed by atoms with van der Waals surface area (Å²) in [7, 11) is 0. The molecule has 0 saturated heterocycles. The first-order valence-electron chi connectivity index (χ1n) is 8.15. The summed E-state index contributed by atoms with van der Waals surface area (Å²) < 4.78 is 0. The summed E-state index contributed by atoms with van der Waals surface area (Å²) in [5.74, 6) is -2.38. The van der Waals surface area contributed by atoms with Crippen LogP contribution in [0.2, 0.25) is 0 Å². The summed E-state index contributed by atoms with van der Waals surface area (Å²) in [6.45, 7) is 2.21. The molecule has 0 bridgehead atoms. The number of rotatable bonds is 11. The first kappa shape index (κ1) is 18.2. The van der Waals surface area contributed by atoms with E-state index in [9.17, 15) is 9.59 Å². The Morgan fingerprint density at radius 3 is 1.91 bits per heavy atom. The van der Waals surface area contributed by atoms with Crippen molar-refractivity contribution in [2.45, 2.75) is 64.7 Å². The third-order valence-electron chi connectivity index (χ3n) is 3.86. The van der Waals surface area contributed by atoms with Crippen molar-refractivity contribution in [1.29, 1.82) is 0 Å². The highest BCUT2D eigenvalue weighted by Crippen LogP contribution is 2.16. The van der Waals surface area contributed by atoms with Crippen LogP contribution in [0.4, 0.5) is 0 Å². The summed E-state index contributed by atoms with van der Waals surface area (Å²) >= 11 is 0. The van der Waals surface area contributed by atoms with E-state index in [2.05, 4.69) is 6.92 Å². The molecule has 0 spiro atoms. The van der Waals surface area contributed by atoms with Gasteiger partial charge in [-0.3, -0.25) is 0 Å². The zero-order valence-electron chi connectivity index (χ0n) is 13.3. The molecule has 0 heterocycles. The van der Waals surface area contributed by atoms with E-state index in [0.29, 0.717) is 0 Å². The van der Waals surface area contributed by atoms with E-state index in [0.717, 1.165) is 24.8 Å². The van der Waals surface area contributed by atoms with Gasteiger partial charge >= 0.3 is 11.9 Å². The van der Waals surface area contributed by atoms with E-state index in [1.54, 1.807) is 6.07 Å². The van der Waals surface area contributed by atoms with Gasteiger partial charge in [0.1, 0.15) is 0 Å². The Morgan fingerprint density at radius 1 is 0.818 bits per heavy atom. The van der Waals surface area contributed by atoms with Crippen LogP contribution in [0.1, 0.15) is 84.6 Å². The van der Waals surface area contributed by atoms with E-state index in [-0.39, 0.29) is 11.1 Å². The van der Waals surface area contributed by atoms with Crippen LogP contribution < -0.4 is 0 Å². The number of unbranched alkanes of at least 4 members (excludes halogenated alkanes) is 7. The topological polar surface area (TPSA) is 74.6 Å². The van der Waals surface area contributed by atoms with E-state index in [1.807, 2.05) is 0 Å². The van der Waals surface area contributed by atoms with Crippen molar-refractivity contribution < 1.29 is 19.8 Å². The van der Waals surface area contributed by atoms with Gasteiger partial charge in [-0.05, 0) is 30.5 Å². The molecule has 1 aromatic carbocycles. The average Bonchev–Trinajstić information content (AvgIpc) is 2.49. The molecule has 122 valence electrons. The van der Waals surface area contributed by atoms with Gasteiger partial charge in [0.15, 0.2) is 0 Å². The molecule has 0 aliphatic heterocycles. The smallest absolute Gasteiger partial charge is 0.336 e. The van der Waals surface area contributed by atoms with Crippen molar-refractivity contribution in [2.24, 2.45) is 0 Å². The lowest BCUT2D eigenvalue weighted by Crippen LogP contribution is -2.08. The van der Waals surface area contributed by atoms with Crippen LogP contribution in [0, 0.1) is 0 Å². The molecular formula is C18H26O4. The number of aromatic carboxylic acids is 2. The maximum atomic E-state index is 11.1. The van der Waals surface area contributed by atoms with Gasteiger partial charge in [0, 0.05) is 0 Å². The highest BCUT2D eigenvalue weighted by atomic mass is 16.4. The van der Waals surface area contributed by atoms with E-state index < -0.39 is 11.9 Å². The molecule has 2 N–H and O–H groups in total. The van der Waals surface area contributed by atoms with Crippen molar-refractivity contribution in [3.8, 4) is 0 Å². The first-order chi connectivity index (χ1) is 10.6. The summed E-state index contributed by atoms with van der Waals surface area (Å²) in [5.41, 5.74) is 0.630. The van der Waals surface area contributed by atoms with Crippen molar-refractivity contribution >= 4 is 11.9 Å². The van der Waals surface area contributed by atoms with Crippen LogP contribution >= 0.6 is 0 Å². The maximum Gasteiger partial charge on any atom is 0.336 e. The number of carboxylic acids is 2. The normalized spacial score (nSPS) is 10.6. The van der Waals surface area contributed by atoms with Gasteiger partial charge in [-0.15, -0.1) is 0 Å². The van der Waals surface area contributed by atoms with Crippen molar-refractivity contribution in [3.63, 3.8) is 0 Å². The van der Waals surface area contributed by atoms with Gasteiger partial charge in [0.2, 0.25) is 0 Å². The molecule has 0 atom stereocenters. The molecule has 4 nitrogen and oxygen atoms in total. The van der Waals surface area contributed by atoms with Crippen molar-refractivity contribution in [1.82, 2.24) is 0 Å². The molecule has 0 unspecified atom stereocenters. The van der Waals surface area contributed by atoms with E-state index in [1.165, 1.54) is 50.7 Å². The summed E-state index contributed by atoms with van der Waals surface area (Å²) in [6, 6.07) is 4.61. The highest BCUT2D eigenvalue weighted by molar-refractivity contribution is 6.01. The fourth-order valence-corrected chi connectivity index (χ4v) is 2.57. The van der Waals surface area contributed by atoms with Gasteiger partial charge < -0.3 is 10.2 Å². The molecule has 0 radical (unpaired) electrons. The van der Waals surface area contributed by atoms with Gasteiger partial charge in [-0.1, -0.05) is 57.9 Å². The largest absolute Gasteiger partial charge is 0.478 e. The zero-order chi connectivity index (χ0) is 16.4. The van der Waals surface area contributed by atoms with Crippen LogP contribution in [0.5, 0.6) is 0 Å². The lowest BCUT2D eigenvalue weighted by molar-refractivity contribution is 0.0651. The minimum absolute atomic E-state index is 0.121. The number of carbonyl (C=O) groups is 2. The monoisotopic (exact) mass is 306 g/mol. The molecule has 0 saturated carbocycles. The third-order valence-corrected chi connectivity index (χ3v) is 3.86. The molecule has 1 aromatic rings.